The van der Waals surface area contributed by atoms with Gasteiger partial charge in [0.25, 0.3) is 5.91 Å². The lowest BCUT2D eigenvalue weighted by atomic mass is 9.90. The Morgan fingerprint density at radius 2 is 2.09 bits per heavy atom. The smallest absolute Gasteiger partial charge is 0.307 e. The van der Waals surface area contributed by atoms with Crippen molar-refractivity contribution in [2.75, 3.05) is 13.1 Å². The van der Waals surface area contributed by atoms with E-state index >= 15 is 0 Å². The number of carbonyl (C=O) groups is 2. The van der Waals surface area contributed by atoms with Crippen LogP contribution in [-0.4, -0.2) is 41.1 Å². The number of aliphatic carboxylic acids is 1. The molecule has 1 saturated heterocycles. The number of carboxylic acid groups (broad SMARTS) is 1. The SMILES string of the molecule is CC(Oc1cccc(Cl)c1)C(=O)N1CCC2(CC1)CC2C(=O)O. The van der Waals surface area contributed by atoms with E-state index in [1.54, 1.807) is 36.1 Å². The van der Waals surface area contributed by atoms with Crippen molar-refractivity contribution < 1.29 is 19.4 Å². The van der Waals surface area contributed by atoms with Crippen molar-refractivity contribution >= 4 is 23.5 Å². The van der Waals surface area contributed by atoms with Gasteiger partial charge in [-0.3, -0.25) is 9.59 Å². The van der Waals surface area contributed by atoms with Crippen LogP contribution in [0.2, 0.25) is 5.02 Å². The first-order chi connectivity index (χ1) is 10.9. The summed E-state index contributed by atoms with van der Waals surface area (Å²) in [5.74, 6) is -0.422. The predicted molar refractivity (Wildman–Crippen MR) is 85.5 cm³/mol. The first-order valence-electron chi connectivity index (χ1n) is 7.85. The summed E-state index contributed by atoms with van der Waals surface area (Å²) in [5, 5.41) is 9.67. The standard InChI is InChI=1S/C17H20ClNO4/c1-11(23-13-4-2-3-12(18)9-13)15(20)19-7-5-17(6-8-19)10-14(17)16(21)22/h2-4,9,11,14H,5-8,10H2,1H3,(H,21,22). The van der Waals surface area contributed by atoms with Gasteiger partial charge in [-0.05, 0) is 49.8 Å². The second-order valence-corrected chi connectivity index (χ2v) is 6.94. The zero-order chi connectivity index (χ0) is 16.6. The van der Waals surface area contributed by atoms with Crippen molar-refractivity contribution in [3.8, 4) is 5.75 Å². The van der Waals surface area contributed by atoms with E-state index in [0.717, 1.165) is 19.3 Å². The van der Waals surface area contributed by atoms with Gasteiger partial charge in [-0.25, -0.2) is 0 Å². The molecule has 2 atom stereocenters. The zero-order valence-corrected chi connectivity index (χ0v) is 13.8. The monoisotopic (exact) mass is 337 g/mol. The summed E-state index contributed by atoms with van der Waals surface area (Å²) in [6.07, 6.45) is 1.69. The molecule has 1 aliphatic heterocycles. The molecule has 1 aliphatic carbocycles. The van der Waals surface area contributed by atoms with Gasteiger partial charge in [0, 0.05) is 18.1 Å². The summed E-state index contributed by atoms with van der Waals surface area (Å²) in [7, 11) is 0. The minimum Gasteiger partial charge on any atom is -0.481 e. The molecule has 6 heteroatoms. The lowest BCUT2D eigenvalue weighted by molar-refractivity contribution is -0.141. The molecule has 124 valence electrons. The number of hydrogen-bond acceptors (Lipinski definition) is 3. The van der Waals surface area contributed by atoms with Crippen LogP contribution in [0.15, 0.2) is 24.3 Å². The number of ether oxygens (including phenoxy) is 1. The molecule has 0 radical (unpaired) electrons. The van der Waals surface area contributed by atoms with Crippen LogP contribution in [0, 0.1) is 11.3 Å². The average molecular weight is 338 g/mol. The molecular formula is C17H20ClNO4. The molecular weight excluding hydrogens is 318 g/mol. The second kappa shape index (κ2) is 6.04. The van der Waals surface area contributed by atoms with Crippen molar-refractivity contribution in [3.63, 3.8) is 0 Å². The van der Waals surface area contributed by atoms with Crippen molar-refractivity contribution in [2.24, 2.45) is 11.3 Å². The van der Waals surface area contributed by atoms with E-state index in [1.807, 2.05) is 0 Å². The van der Waals surface area contributed by atoms with Gasteiger partial charge in [0.05, 0.1) is 5.92 Å². The van der Waals surface area contributed by atoms with E-state index in [1.165, 1.54) is 0 Å². The van der Waals surface area contributed by atoms with Gasteiger partial charge in [0.15, 0.2) is 6.10 Å². The van der Waals surface area contributed by atoms with Crippen LogP contribution >= 0.6 is 11.6 Å². The Balaban J connectivity index is 1.54. The summed E-state index contributed by atoms with van der Waals surface area (Å²) in [5.41, 5.74) is -0.0698. The summed E-state index contributed by atoms with van der Waals surface area (Å²) >= 11 is 5.91. The van der Waals surface area contributed by atoms with E-state index in [-0.39, 0.29) is 17.2 Å². The molecule has 0 aromatic heterocycles. The highest BCUT2D eigenvalue weighted by atomic mass is 35.5. The topological polar surface area (TPSA) is 66.8 Å². The van der Waals surface area contributed by atoms with E-state index < -0.39 is 12.1 Å². The van der Waals surface area contributed by atoms with E-state index in [2.05, 4.69) is 0 Å². The average Bonchev–Trinajstić information content (AvgIpc) is 3.21. The largest absolute Gasteiger partial charge is 0.481 e. The molecule has 1 aromatic rings. The van der Waals surface area contributed by atoms with Gasteiger partial charge in [0.1, 0.15) is 5.75 Å². The lowest BCUT2D eigenvalue weighted by Gasteiger charge is -2.34. The lowest BCUT2D eigenvalue weighted by Crippen LogP contribution is -2.45. The number of benzene rings is 1. The molecule has 1 aromatic carbocycles. The fourth-order valence-electron chi connectivity index (χ4n) is 3.47. The highest BCUT2D eigenvalue weighted by Gasteiger charge is 2.59. The van der Waals surface area contributed by atoms with Crippen LogP contribution in [0.25, 0.3) is 0 Å². The maximum absolute atomic E-state index is 12.5. The fourth-order valence-corrected chi connectivity index (χ4v) is 3.65. The Bertz CT molecular complexity index is 625. The van der Waals surface area contributed by atoms with Gasteiger partial charge in [-0.1, -0.05) is 17.7 Å². The number of hydrogen-bond donors (Lipinski definition) is 1. The zero-order valence-electron chi connectivity index (χ0n) is 13.0. The van der Waals surface area contributed by atoms with E-state index in [4.69, 9.17) is 21.4 Å². The van der Waals surface area contributed by atoms with Gasteiger partial charge >= 0.3 is 5.97 Å². The summed E-state index contributed by atoms with van der Waals surface area (Å²) in [6.45, 7) is 2.93. The Labute approximate surface area is 140 Å². The second-order valence-electron chi connectivity index (χ2n) is 6.50. The van der Waals surface area contributed by atoms with E-state index in [0.29, 0.717) is 23.9 Å². The Kier molecular flexibility index (Phi) is 4.23. The molecule has 1 N–H and O–H groups in total. The number of amides is 1. The molecule has 1 saturated carbocycles. The molecule has 0 bridgehead atoms. The molecule has 2 unspecified atom stereocenters. The highest BCUT2D eigenvalue weighted by molar-refractivity contribution is 6.30. The highest BCUT2D eigenvalue weighted by Crippen LogP contribution is 2.59. The number of rotatable bonds is 4. The van der Waals surface area contributed by atoms with Crippen molar-refractivity contribution in [1.29, 1.82) is 0 Å². The summed E-state index contributed by atoms with van der Waals surface area (Å²) in [6, 6.07) is 6.97. The Morgan fingerprint density at radius 3 is 2.65 bits per heavy atom. The van der Waals surface area contributed by atoms with Gasteiger partial charge in [0.2, 0.25) is 0 Å². The van der Waals surface area contributed by atoms with Gasteiger partial charge in [-0.2, -0.15) is 0 Å². The molecule has 1 spiro atoms. The molecule has 3 rings (SSSR count). The Hall–Kier alpha value is -1.75. The minimum absolute atomic E-state index is 0.0626. The number of piperidine rings is 1. The van der Waals surface area contributed by atoms with Crippen molar-refractivity contribution in [1.82, 2.24) is 4.90 Å². The first kappa shape index (κ1) is 16.1. The van der Waals surface area contributed by atoms with Crippen LogP contribution in [0.5, 0.6) is 5.75 Å². The van der Waals surface area contributed by atoms with Crippen molar-refractivity contribution in [2.45, 2.75) is 32.3 Å². The number of carboxylic acids is 1. The van der Waals surface area contributed by atoms with Crippen LogP contribution in [-0.2, 0) is 9.59 Å². The molecule has 1 amide bonds. The normalized spacial score (nSPS) is 23.4. The van der Waals surface area contributed by atoms with Crippen LogP contribution < -0.4 is 4.74 Å². The maximum atomic E-state index is 12.5. The first-order valence-corrected chi connectivity index (χ1v) is 8.23. The summed E-state index contributed by atoms with van der Waals surface area (Å²) in [4.78, 5) is 25.3. The van der Waals surface area contributed by atoms with E-state index in [9.17, 15) is 9.59 Å². The number of likely N-dealkylation sites (tertiary alicyclic amines) is 1. The third kappa shape index (κ3) is 3.29. The maximum Gasteiger partial charge on any atom is 0.307 e. The molecule has 2 aliphatic rings. The third-order valence-electron chi connectivity index (χ3n) is 5.02. The molecule has 2 fully saturated rings. The fraction of sp³-hybridized carbons (Fsp3) is 0.529. The minimum atomic E-state index is -0.706. The number of carbonyl (C=O) groups excluding carboxylic acids is 1. The quantitative estimate of drug-likeness (QED) is 0.917. The predicted octanol–water partition coefficient (Wildman–Crippen LogP) is 2.82. The van der Waals surface area contributed by atoms with Crippen LogP contribution in [0.4, 0.5) is 0 Å². The third-order valence-corrected chi connectivity index (χ3v) is 5.25. The Morgan fingerprint density at radius 1 is 1.39 bits per heavy atom. The van der Waals surface area contributed by atoms with Gasteiger partial charge in [-0.15, -0.1) is 0 Å². The number of halogens is 1. The molecule has 23 heavy (non-hydrogen) atoms. The van der Waals surface area contributed by atoms with Crippen LogP contribution in [0.3, 0.4) is 0 Å². The number of nitrogens with zero attached hydrogens (tertiary/aromatic N) is 1. The van der Waals surface area contributed by atoms with Gasteiger partial charge < -0.3 is 14.7 Å². The molecule has 5 nitrogen and oxygen atoms in total. The molecule has 1 heterocycles. The van der Waals surface area contributed by atoms with Crippen molar-refractivity contribution in [3.05, 3.63) is 29.3 Å². The summed E-state index contributed by atoms with van der Waals surface area (Å²) < 4.78 is 5.67. The van der Waals surface area contributed by atoms with Crippen LogP contribution in [0.1, 0.15) is 26.2 Å².